The van der Waals surface area contributed by atoms with Gasteiger partial charge in [-0.25, -0.2) is 4.39 Å². The van der Waals surface area contributed by atoms with Crippen LogP contribution in [0.25, 0.3) is 0 Å². The normalized spacial score (nSPS) is 13.7. The molecule has 2 aromatic carbocycles. The first-order chi connectivity index (χ1) is 12.1. The Bertz CT molecular complexity index is 922. The predicted molar refractivity (Wildman–Crippen MR) is 92.2 cm³/mol. The first-order valence-corrected chi connectivity index (χ1v) is 8.02. The summed E-state index contributed by atoms with van der Waals surface area (Å²) in [6.45, 7) is 0.466. The molecule has 0 spiro atoms. The molecule has 0 unspecified atom stereocenters. The van der Waals surface area contributed by atoms with Crippen LogP contribution in [0.15, 0.2) is 54.7 Å². The number of fused-ring (bicyclic) bond motifs is 1. The van der Waals surface area contributed by atoms with Gasteiger partial charge in [-0.2, -0.15) is 4.98 Å². The van der Waals surface area contributed by atoms with Gasteiger partial charge in [-0.3, -0.25) is 4.79 Å². The lowest BCUT2D eigenvalue weighted by atomic mass is 10.2. The van der Waals surface area contributed by atoms with E-state index in [-0.39, 0.29) is 24.7 Å². The molecular weight excluding hydrogens is 345 g/mol. The third kappa shape index (κ3) is 3.21. The summed E-state index contributed by atoms with van der Waals surface area (Å²) in [5, 5.41) is 0.621. The van der Waals surface area contributed by atoms with E-state index in [1.165, 1.54) is 24.3 Å². The molecule has 0 amide bonds. The topological polar surface area (TPSA) is 47.4 Å². The third-order valence-corrected chi connectivity index (χ3v) is 4.08. The molecule has 0 saturated heterocycles. The molecule has 126 valence electrons. The van der Waals surface area contributed by atoms with Crippen molar-refractivity contribution < 1.29 is 13.9 Å². The number of ether oxygens (including phenoxy) is 1. The van der Waals surface area contributed by atoms with Gasteiger partial charge >= 0.3 is 0 Å². The lowest BCUT2D eigenvalue weighted by Crippen LogP contribution is -2.35. The Labute approximate surface area is 148 Å². The van der Waals surface area contributed by atoms with Crippen molar-refractivity contribution in [3.05, 3.63) is 65.6 Å². The number of imidazole rings is 1. The fraction of sp³-hybridized carbons (Fsp3) is 0.111. The summed E-state index contributed by atoms with van der Waals surface area (Å²) in [5.74, 6) is 1.15. The second kappa shape index (κ2) is 6.22. The van der Waals surface area contributed by atoms with Gasteiger partial charge in [0, 0.05) is 10.7 Å². The average molecular weight is 358 g/mol. The first kappa shape index (κ1) is 15.7. The number of hydrogen-bond acceptors (Lipinski definition) is 4. The van der Waals surface area contributed by atoms with Crippen LogP contribution in [0.3, 0.4) is 0 Å². The van der Waals surface area contributed by atoms with E-state index in [0.717, 1.165) is 5.69 Å². The summed E-state index contributed by atoms with van der Waals surface area (Å²) in [5.41, 5.74) is 0.817. The number of Topliss-reactive ketones (excluding diaryl/α,β-unsaturated/α-hetero) is 1. The highest BCUT2D eigenvalue weighted by Crippen LogP contribution is 2.32. The molecule has 1 aliphatic heterocycles. The van der Waals surface area contributed by atoms with Crippen molar-refractivity contribution in [2.75, 3.05) is 11.4 Å². The van der Waals surface area contributed by atoms with E-state index in [2.05, 4.69) is 4.98 Å². The molecule has 0 fully saturated rings. The highest BCUT2D eigenvalue weighted by atomic mass is 35.5. The minimum atomic E-state index is -0.337. The van der Waals surface area contributed by atoms with Gasteiger partial charge in [0.1, 0.15) is 11.6 Å². The second-order valence-electron chi connectivity index (χ2n) is 5.66. The van der Waals surface area contributed by atoms with Gasteiger partial charge in [0.15, 0.2) is 5.78 Å². The van der Waals surface area contributed by atoms with Crippen molar-refractivity contribution in [3.8, 4) is 11.6 Å². The maximum absolute atomic E-state index is 13.0. The van der Waals surface area contributed by atoms with Crippen LogP contribution in [-0.2, 0) is 11.3 Å². The Hall–Kier alpha value is -2.86. The summed E-state index contributed by atoms with van der Waals surface area (Å²) in [4.78, 5) is 18.4. The van der Waals surface area contributed by atoms with Gasteiger partial charge in [0.2, 0.25) is 11.8 Å². The first-order valence-electron chi connectivity index (χ1n) is 7.64. The summed E-state index contributed by atoms with van der Waals surface area (Å²) in [6.07, 6.45) is 1.67. The molecule has 3 aromatic rings. The number of carbonyl (C=O) groups is 1. The van der Waals surface area contributed by atoms with Crippen molar-refractivity contribution in [3.63, 3.8) is 0 Å². The number of hydrogen-bond donors (Lipinski definition) is 0. The lowest BCUT2D eigenvalue weighted by molar-refractivity contribution is -0.118. The number of carbonyl (C=O) groups excluding carboxylic acids is 1. The molecule has 1 aliphatic rings. The third-order valence-electron chi connectivity index (χ3n) is 3.83. The molecule has 2 heterocycles. The molecule has 25 heavy (non-hydrogen) atoms. The van der Waals surface area contributed by atoms with Gasteiger partial charge in [-0.05, 0) is 48.5 Å². The Morgan fingerprint density at radius 3 is 2.48 bits per heavy atom. The predicted octanol–water partition coefficient (Wildman–Crippen LogP) is 4.19. The molecule has 4 rings (SSSR count). The standard InChI is InChI=1S/C18H13ClFN3O2/c19-12-1-5-14(6-2-12)23-10-15(24)9-22-11-17(21-18(22)23)25-16-7-3-13(20)4-8-16/h1-8,11H,9-10H2. The van der Waals surface area contributed by atoms with Gasteiger partial charge in [-0.15, -0.1) is 0 Å². The number of ketones is 1. The van der Waals surface area contributed by atoms with Gasteiger partial charge in [0.25, 0.3) is 0 Å². The van der Waals surface area contributed by atoms with Crippen molar-refractivity contribution in [2.24, 2.45) is 0 Å². The number of rotatable bonds is 3. The smallest absolute Gasteiger partial charge is 0.239 e. The van der Waals surface area contributed by atoms with Crippen LogP contribution in [0, 0.1) is 5.82 Å². The highest BCUT2D eigenvalue weighted by molar-refractivity contribution is 6.30. The zero-order valence-corrected chi connectivity index (χ0v) is 13.8. The maximum atomic E-state index is 13.0. The molecule has 0 radical (unpaired) electrons. The average Bonchev–Trinajstić information content (AvgIpc) is 2.99. The second-order valence-corrected chi connectivity index (χ2v) is 6.10. The van der Waals surface area contributed by atoms with Crippen molar-refractivity contribution in [1.29, 1.82) is 0 Å². The van der Waals surface area contributed by atoms with Crippen LogP contribution in [0.4, 0.5) is 16.0 Å². The van der Waals surface area contributed by atoms with E-state index in [0.29, 0.717) is 22.6 Å². The monoisotopic (exact) mass is 357 g/mol. The van der Waals surface area contributed by atoms with Crippen molar-refractivity contribution in [1.82, 2.24) is 9.55 Å². The van der Waals surface area contributed by atoms with E-state index in [1.54, 1.807) is 27.8 Å². The summed E-state index contributed by atoms with van der Waals surface area (Å²) < 4.78 is 20.4. The number of halogens is 2. The zero-order chi connectivity index (χ0) is 17.4. The van der Waals surface area contributed by atoms with Gasteiger partial charge in [-0.1, -0.05) is 11.6 Å². The van der Waals surface area contributed by atoms with Gasteiger partial charge in [0.05, 0.1) is 19.3 Å². The van der Waals surface area contributed by atoms with E-state index < -0.39 is 0 Å². The highest BCUT2D eigenvalue weighted by Gasteiger charge is 2.26. The number of aromatic nitrogens is 2. The number of nitrogens with zero attached hydrogens (tertiary/aromatic N) is 3. The quantitative estimate of drug-likeness (QED) is 0.705. The van der Waals surface area contributed by atoms with Crippen LogP contribution in [0.2, 0.25) is 5.02 Å². The maximum Gasteiger partial charge on any atom is 0.239 e. The number of anilines is 2. The largest absolute Gasteiger partial charge is 0.437 e. The van der Waals surface area contributed by atoms with Crippen LogP contribution < -0.4 is 9.64 Å². The van der Waals surface area contributed by atoms with Crippen LogP contribution >= 0.6 is 11.6 Å². The molecule has 0 atom stereocenters. The Balaban J connectivity index is 1.66. The fourth-order valence-electron chi connectivity index (χ4n) is 2.70. The van der Waals surface area contributed by atoms with E-state index >= 15 is 0 Å². The van der Waals surface area contributed by atoms with E-state index in [4.69, 9.17) is 16.3 Å². The Morgan fingerprint density at radius 2 is 1.76 bits per heavy atom. The number of benzene rings is 2. The molecule has 0 N–H and O–H groups in total. The molecule has 7 heteroatoms. The van der Waals surface area contributed by atoms with Crippen LogP contribution in [0.1, 0.15) is 0 Å². The molecule has 0 saturated carbocycles. The summed E-state index contributed by atoms with van der Waals surface area (Å²) >= 11 is 5.93. The lowest BCUT2D eigenvalue weighted by Gasteiger charge is -2.27. The minimum Gasteiger partial charge on any atom is -0.437 e. The molecule has 5 nitrogen and oxygen atoms in total. The van der Waals surface area contributed by atoms with E-state index in [1.807, 2.05) is 12.1 Å². The Morgan fingerprint density at radius 1 is 1.04 bits per heavy atom. The van der Waals surface area contributed by atoms with Crippen molar-refractivity contribution >= 4 is 29.0 Å². The van der Waals surface area contributed by atoms with Crippen LogP contribution in [-0.4, -0.2) is 21.9 Å². The molecule has 1 aromatic heterocycles. The van der Waals surface area contributed by atoms with Crippen LogP contribution in [0.5, 0.6) is 11.6 Å². The van der Waals surface area contributed by atoms with Crippen molar-refractivity contribution in [2.45, 2.75) is 6.54 Å². The molecule has 0 aliphatic carbocycles. The SMILES string of the molecule is O=C1CN(c2ccc(Cl)cc2)c2nc(Oc3ccc(F)cc3)cn2C1. The summed E-state index contributed by atoms with van der Waals surface area (Å²) in [7, 11) is 0. The molecular formula is C18H13ClFN3O2. The van der Waals surface area contributed by atoms with E-state index in [9.17, 15) is 9.18 Å². The fourth-order valence-corrected chi connectivity index (χ4v) is 2.83. The summed E-state index contributed by atoms with van der Waals surface area (Å²) in [6, 6.07) is 12.9. The molecule has 0 bridgehead atoms. The minimum absolute atomic E-state index is 0.0631. The zero-order valence-electron chi connectivity index (χ0n) is 13.0. The van der Waals surface area contributed by atoms with Gasteiger partial charge < -0.3 is 14.2 Å². The Kier molecular flexibility index (Phi) is 3.89.